The van der Waals surface area contributed by atoms with Crippen LogP contribution in [-0.2, 0) is 9.47 Å². The number of aromatic nitrogens is 2. The number of carbonyl (C=O) groups is 3. The molecule has 0 aliphatic carbocycles. The van der Waals surface area contributed by atoms with Gasteiger partial charge in [-0.3, -0.25) is 4.79 Å². The lowest BCUT2D eigenvalue weighted by molar-refractivity contribution is 0.0510. The molecule has 7 nitrogen and oxygen atoms in total. The van der Waals surface area contributed by atoms with Crippen LogP contribution in [0.1, 0.15) is 73.3 Å². The van der Waals surface area contributed by atoms with Crippen molar-refractivity contribution in [2.24, 2.45) is 0 Å². The van der Waals surface area contributed by atoms with E-state index in [1.165, 1.54) is 0 Å². The number of esters is 2. The van der Waals surface area contributed by atoms with Crippen LogP contribution in [0.3, 0.4) is 0 Å². The Kier molecular flexibility index (Phi) is 5.69. The van der Waals surface area contributed by atoms with Crippen LogP contribution in [0, 0.1) is 27.7 Å². The highest BCUT2D eigenvalue weighted by Gasteiger charge is 2.27. The number of hydrogen-bond acceptors (Lipinski definition) is 5. The average Bonchev–Trinajstić information content (AvgIpc) is 3.06. The van der Waals surface area contributed by atoms with Crippen LogP contribution in [0.4, 0.5) is 0 Å². The smallest absolute Gasteiger partial charge is 0.355 e. The van der Waals surface area contributed by atoms with Gasteiger partial charge in [0.25, 0.3) is 0 Å². The Bertz CT molecular complexity index is 803. The minimum atomic E-state index is -0.501. The van der Waals surface area contributed by atoms with Gasteiger partial charge < -0.3 is 19.4 Å². The van der Waals surface area contributed by atoms with E-state index >= 15 is 0 Å². The van der Waals surface area contributed by atoms with E-state index in [4.69, 9.17) is 9.47 Å². The summed E-state index contributed by atoms with van der Waals surface area (Å²) >= 11 is 0. The van der Waals surface area contributed by atoms with Crippen molar-refractivity contribution in [2.75, 3.05) is 13.2 Å². The van der Waals surface area contributed by atoms with Crippen LogP contribution in [0.25, 0.3) is 0 Å². The lowest BCUT2D eigenvalue weighted by Gasteiger charge is -2.01. The van der Waals surface area contributed by atoms with Crippen LogP contribution in [0.15, 0.2) is 0 Å². The van der Waals surface area contributed by atoms with Crippen LogP contribution in [-0.4, -0.2) is 40.9 Å². The zero-order chi connectivity index (χ0) is 19.6. The van der Waals surface area contributed by atoms with Gasteiger partial charge in [0.15, 0.2) is 0 Å². The summed E-state index contributed by atoms with van der Waals surface area (Å²) in [4.78, 5) is 42.9. The van der Waals surface area contributed by atoms with Crippen LogP contribution in [0.5, 0.6) is 0 Å². The number of ketones is 1. The summed E-state index contributed by atoms with van der Waals surface area (Å²) < 4.78 is 10.0. The fourth-order valence-corrected chi connectivity index (χ4v) is 2.77. The zero-order valence-electron chi connectivity index (χ0n) is 16.0. The Hall–Kier alpha value is -2.83. The average molecular weight is 360 g/mol. The van der Waals surface area contributed by atoms with Crippen molar-refractivity contribution in [3.63, 3.8) is 0 Å². The SMILES string of the molecule is CCOC(=O)c1[nH]c(C(=O)c2[nH]c(C(=O)OCC)c(C)c2C)c(C)c1C. The van der Waals surface area contributed by atoms with Crippen molar-refractivity contribution in [1.29, 1.82) is 0 Å². The second-order valence-electron chi connectivity index (χ2n) is 6.02. The lowest BCUT2D eigenvalue weighted by atomic mass is 10.0. The van der Waals surface area contributed by atoms with Gasteiger partial charge in [-0.25, -0.2) is 9.59 Å². The molecule has 7 heteroatoms. The fourth-order valence-electron chi connectivity index (χ4n) is 2.77. The van der Waals surface area contributed by atoms with Gasteiger partial charge in [-0.2, -0.15) is 0 Å². The largest absolute Gasteiger partial charge is 0.461 e. The summed E-state index contributed by atoms with van der Waals surface area (Å²) in [6.07, 6.45) is 0. The Balaban J connectivity index is 2.47. The first kappa shape index (κ1) is 19.5. The maximum absolute atomic E-state index is 13.0. The van der Waals surface area contributed by atoms with E-state index in [9.17, 15) is 14.4 Å². The molecule has 2 aromatic rings. The van der Waals surface area contributed by atoms with Gasteiger partial charge in [0, 0.05) is 0 Å². The zero-order valence-corrected chi connectivity index (χ0v) is 16.0. The van der Waals surface area contributed by atoms with Crippen molar-refractivity contribution >= 4 is 17.7 Å². The molecule has 0 fully saturated rings. The fraction of sp³-hybridized carbons (Fsp3) is 0.421. The van der Waals surface area contributed by atoms with Crippen molar-refractivity contribution < 1.29 is 23.9 Å². The molecular weight excluding hydrogens is 336 g/mol. The minimum Gasteiger partial charge on any atom is -0.461 e. The van der Waals surface area contributed by atoms with Gasteiger partial charge in [-0.05, 0) is 63.8 Å². The lowest BCUT2D eigenvalue weighted by Crippen LogP contribution is -2.10. The van der Waals surface area contributed by atoms with Crippen molar-refractivity contribution in [3.05, 3.63) is 45.0 Å². The van der Waals surface area contributed by atoms with Gasteiger partial charge in [0.2, 0.25) is 5.78 Å². The van der Waals surface area contributed by atoms with Gasteiger partial charge in [-0.15, -0.1) is 0 Å². The highest BCUT2D eigenvalue weighted by Crippen LogP contribution is 2.25. The van der Waals surface area contributed by atoms with Crippen LogP contribution < -0.4 is 0 Å². The molecular formula is C19H24N2O5. The maximum atomic E-state index is 13.0. The van der Waals surface area contributed by atoms with Gasteiger partial charge >= 0.3 is 11.9 Å². The number of hydrogen-bond donors (Lipinski definition) is 2. The van der Waals surface area contributed by atoms with Gasteiger partial charge in [0.1, 0.15) is 11.4 Å². The molecule has 0 aliphatic heterocycles. The van der Waals surface area contributed by atoms with Gasteiger partial charge in [-0.1, -0.05) is 0 Å². The highest BCUT2D eigenvalue weighted by molar-refractivity contribution is 6.11. The van der Waals surface area contributed by atoms with E-state index in [-0.39, 0.29) is 30.4 Å². The number of rotatable bonds is 6. The maximum Gasteiger partial charge on any atom is 0.355 e. The Morgan fingerprint density at radius 3 is 1.27 bits per heavy atom. The van der Waals surface area contributed by atoms with Crippen LogP contribution in [0.2, 0.25) is 0 Å². The van der Waals surface area contributed by atoms with E-state index in [0.717, 1.165) is 0 Å². The molecule has 0 saturated heterocycles. The molecule has 0 aromatic carbocycles. The third-order valence-corrected chi connectivity index (χ3v) is 4.54. The van der Waals surface area contributed by atoms with Gasteiger partial charge in [0.05, 0.1) is 24.6 Å². The Labute approximate surface area is 152 Å². The molecule has 140 valence electrons. The predicted molar refractivity (Wildman–Crippen MR) is 95.9 cm³/mol. The monoisotopic (exact) mass is 360 g/mol. The number of ether oxygens (including phenoxy) is 2. The number of nitrogens with one attached hydrogen (secondary N) is 2. The first-order chi connectivity index (χ1) is 12.2. The Morgan fingerprint density at radius 2 is 0.962 bits per heavy atom. The predicted octanol–water partition coefficient (Wildman–Crippen LogP) is 3.16. The molecule has 0 atom stereocenters. The van der Waals surface area contributed by atoms with Crippen LogP contribution >= 0.6 is 0 Å². The highest BCUT2D eigenvalue weighted by atomic mass is 16.5. The molecule has 0 aliphatic rings. The summed E-state index contributed by atoms with van der Waals surface area (Å²) in [7, 11) is 0. The molecule has 0 spiro atoms. The van der Waals surface area contributed by atoms with E-state index < -0.39 is 11.9 Å². The molecule has 2 aromatic heterocycles. The normalized spacial score (nSPS) is 10.7. The molecule has 0 radical (unpaired) electrons. The molecule has 26 heavy (non-hydrogen) atoms. The van der Waals surface area contributed by atoms with E-state index in [2.05, 4.69) is 9.97 Å². The summed E-state index contributed by atoms with van der Waals surface area (Å²) in [6, 6.07) is 0. The molecule has 2 rings (SSSR count). The topological polar surface area (TPSA) is 101 Å². The number of carbonyl (C=O) groups excluding carboxylic acids is 3. The summed E-state index contributed by atoms with van der Waals surface area (Å²) in [5, 5.41) is 0. The van der Waals surface area contributed by atoms with Crippen molar-refractivity contribution in [3.8, 4) is 0 Å². The third kappa shape index (κ3) is 3.29. The Morgan fingerprint density at radius 1 is 0.654 bits per heavy atom. The summed E-state index contributed by atoms with van der Waals surface area (Å²) in [5.41, 5.74) is 3.79. The molecule has 0 saturated carbocycles. The van der Waals surface area contributed by atoms with E-state index in [1.807, 2.05) is 0 Å². The summed E-state index contributed by atoms with van der Waals surface area (Å²) in [5.74, 6) is -1.32. The molecule has 0 bridgehead atoms. The first-order valence-electron chi connectivity index (χ1n) is 8.51. The first-order valence-corrected chi connectivity index (χ1v) is 8.51. The molecule has 2 N–H and O–H groups in total. The molecule has 2 heterocycles. The molecule has 0 amide bonds. The number of H-pyrrole nitrogens is 2. The van der Waals surface area contributed by atoms with E-state index in [0.29, 0.717) is 33.6 Å². The number of aromatic amines is 2. The van der Waals surface area contributed by atoms with E-state index in [1.54, 1.807) is 41.5 Å². The molecule has 0 unspecified atom stereocenters. The van der Waals surface area contributed by atoms with Crippen molar-refractivity contribution in [1.82, 2.24) is 9.97 Å². The summed E-state index contributed by atoms with van der Waals surface area (Å²) in [6.45, 7) is 11.0. The third-order valence-electron chi connectivity index (χ3n) is 4.54. The second kappa shape index (κ2) is 7.59. The second-order valence-corrected chi connectivity index (χ2v) is 6.02. The minimum absolute atomic E-state index is 0.247. The van der Waals surface area contributed by atoms with Crippen molar-refractivity contribution in [2.45, 2.75) is 41.5 Å². The quantitative estimate of drug-likeness (QED) is 0.609. The standard InChI is InChI=1S/C19H24N2O5/c1-7-25-18(23)15-11(5)9(3)13(20-15)17(22)14-10(4)12(6)16(21-14)19(24)26-8-2/h20-21H,7-8H2,1-6H3.